The van der Waals surface area contributed by atoms with Crippen LogP contribution < -0.4 is 25.4 Å². The Morgan fingerprint density at radius 3 is 2.00 bits per heavy atom. The van der Waals surface area contributed by atoms with E-state index in [2.05, 4.69) is 56.8 Å². The third kappa shape index (κ3) is 12.2. The van der Waals surface area contributed by atoms with Crippen LogP contribution in [0.2, 0.25) is 0 Å². The van der Waals surface area contributed by atoms with Gasteiger partial charge in [-0.25, -0.2) is 13.2 Å². The predicted octanol–water partition coefficient (Wildman–Crippen LogP) is 7.65. The quantitative estimate of drug-likeness (QED) is 0.0273. The van der Waals surface area contributed by atoms with Gasteiger partial charge in [-0.1, -0.05) is 84.9 Å². The Bertz CT molecular complexity index is 2480. The van der Waals surface area contributed by atoms with Gasteiger partial charge < -0.3 is 35.2 Å². The fraction of sp³-hybridized carbons (Fsp3) is 0.423. The Kier molecular flexibility index (Phi) is 17.1. The number of guanidine groups is 1. The molecule has 0 bridgehead atoms. The van der Waals surface area contributed by atoms with Crippen LogP contribution in [0, 0.1) is 26.2 Å². The Morgan fingerprint density at radius 2 is 1.45 bits per heavy atom. The second-order valence-corrected chi connectivity index (χ2v) is 20.2. The van der Waals surface area contributed by atoms with E-state index in [0.717, 1.165) is 27.8 Å². The van der Waals surface area contributed by atoms with Crippen molar-refractivity contribution in [2.75, 3.05) is 34.2 Å². The van der Waals surface area contributed by atoms with Crippen LogP contribution in [0.25, 0.3) is 0 Å². The zero-order chi connectivity index (χ0) is 49.3. The minimum absolute atomic E-state index is 0.0869. The molecule has 4 aromatic carbocycles. The van der Waals surface area contributed by atoms with E-state index in [0.29, 0.717) is 29.1 Å². The molecule has 0 aliphatic carbocycles. The van der Waals surface area contributed by atoms with E-state index in [1.54, 1.807) is 58.2 Å². The Labute approximate surface area is 397 Å². The van der Waals surface area contributed by atoms with Crippen molar-refractivity contribution in [3.05, 3.63) is 148 Å². The third-order valence-corrected chi connectivity index (χ3v) is 14.5. The molecule has 0 saturated heterocycles. The highest BCUT2D eigenvalue weighted by molar-refractivity contribution is 7.90. The van der Waals surface area contributed by atoms with E-state index in [1.165, 1.54) is 4.90 Å². The molecule has 4 aromatic rings. The van der Waals surface area contributed by atoms with Gasteiger partial charge in [0.15, 0.2) is 0 Å². The molecule has 3 amide bonds. The molecular formula is C52H69N7O7S. The van der Waals surface area contributed by atoms with E-state index in [-0.39, 0.29) is 32.0 Å². The fourth-order valence-corrected chi connectivity index (χ4v) is 10.7. The molecule has 3 unspecified atom stereocenters. The first-order valence-corrected chi connectivity index (χ1v) is 24.3. The van der Waals surface area contributed by atoms with Crippen LogP contribution in [0.4, 0.5) is 4.79 Å². The number of likely N-dealkylation sites (N-methyl/N-ethyl adjacent to an activating group) is 1. The number of carbonyl (C=O) groups is 3. The molecule has 15 heteroatoms. The summed E-state index contributed by atoms with van der Waals surface area (Å²) in [7, 11) is 1.51. The van der Waals surface area contributed by atoms with Crippen LogP contribution in [-0.4, -0.2) is 100 Å². The molecule has 0 saturated carbocycles. The number of allylic oxidation sites excluding steroid dienone is 2. The highest BCUT2D eigenvalue weighted by Crippen LogP contribution is 2.51. The summed E-state index contributed by atoms with van der Waals surface area (Å²) in [4.78, 5) is 44.9. The molecule has 0 fully saturated rings. The molecule has 0 spiro atoms. The van der Waals surface area contributed by atoms with Gasteiger partial charge >= 0.3 is 6.09 Å². The normalized spacial score (nSPS) is 15.9. The molecule has 0 aromatic heterocycles. The largest absolute Gasteiger partial charge is 0.485 e. The Hall–Kier alpha value is -6.19. The first-order valence-electron chi connectivity index (χ1n) is 22.8. The van der Waals surface area contributed by atoms with E-state index in [1.807, 2.05) is 90.3 Å². The van der Waals surface area contributed by atoms with E-state index >= 15 is 0 Å². The van der Waals surface area contributed by atoms with Crippen LogP contribution in [0.1, 0.15) is 103 Å². The average Bonchev–Trinajstić information content (AvgIpc) is 3.60. The van der Waals surface area contributed by atoms with Crippen LogP contribution in [0.5, 0.6) is 5.75 Å². The summed E-state index contributed by atoms with van der Waals surface area (Å²) in [6.45, 7) is 15.1. The minimum atomic E-state index is -4.15. The third-order valence-electron chi connectivity index (χ3n) is 12.6. The zero-order valence-corrected chi connectivity index (χ0v) is 41.6. The lowest BCUT2D eigenvalue weighted by Crippen LogP contribution is -2.52. The summed E-state index contributed by atoms with van der Waals surface area (Å²) < 4.78 is 42.7. The van der Waals surface area contributed by atoms with Gasteiger partial charge in [-0.05, 0) is 135 Å². The Morgan fingerprint density at radius 1 is 0.881 bits per heavy atom. The van der Waals surface area contributed by atoms with Crippen molar-refractivity contribution in [3.8, 4) is 5.75 Å². The molecule has 1 aliphatic heterocycles. The van der Waals surface area contributed by atoms with Crippen molar-refractivity contribution in [2.45, 2.75) is 109 Å². The standard InChI is InChI=1S/C52H69N7O7S/c1-12-43(52(32-37(5)58(9)10,40-25-18-14-19-26-40)41-27-20-15-21-28-41)65-50(62)59(11)33-36(4)55-48(61)42(56-47(60)39-23-16-13-17-24-39)29-22-30-54-49(53)57-67(63,64)46-44-35(3)31-34(2)38(6)45(44)66-51(46,7)8/h12-21,23-28,31,36-37,42,46H,22,29-30,32-33H2,1-11H3,(H,55,61)(H,56,60)(H3,53,54,57)/t36?,37?,42-,46?/m0/s1. The first-order chi connectivity index (χ1) is 31.6. The minimum Gasteiger partial charge on any atom is -0.485 e. The molecule has 5 rings (SSSR count). The van der Waals surface area contributed by atoms with Crippen LogP contribution in [0.15, 0.2) is 109 Å². The number of fused-ring (bicyclic) bond motifs is 1. The van der Waals surface area contributed by atoms with Gasteiger partial charge in [-0.15, -0.1) is 0 Å². The number of aryl methyl sites for hydroxylation is 2. The lowest BCUT2D eigenvalue weighted by molar-refractivity contribution is -0.123. The van der Waals surface area contributed by atoms with Gasteiger partial charge in [-0.2, -0.15) is 0 Å². The van der Waals surface area contributed by atoms with Crippen molar-refractivity contribution in [3.63, 3.8) is 0 Å². The van der Waals surface area contributed by atoms with Crippen molar-refractivity contribution in [1.82, 2.24) is 30.5 Å². The number of carbonyl (C=O) groups excluding carboxylic acids is 3. The summed E-state index contributed by atoms with van der Waals surface area (Å²) >= 11 is 0. The van der Waals surface area contributed by atoms with Crippen molar-refractivity contribution in [2.24, 2.45) is 0 Å². The summed E-state index contributed by atoms with van der Waals surface area (Å²) in [5.74, 6) is -0.324. The van der Waals surface area contributed by atoms with E-state index in [9.17, 15) is 22.8 Å². The van der Waals surface area contributed by atoms with Gasteiger partial charge in [0, 0.05) is 43.3 Å². The molecule has 67 heavy (non-hydrogen) atoms. The first kappa shape index (κ1) is 51.8. The van der Waals surface area contributed by atoms with E-state index in [4.69, 9.17) is 14.9 Å². The van der Waals surface area contributed by atoms with Crippen molar-refractivity contribution in [1.29, 1.82) is 5.41 Å². The van der Waals surface area contributed by atoms with E-state index < -0.39 is 62.2 Å². The van der Waals surface area contributed by atoms with Gasteiger partial charge in [0.1, 0.15) is 28.4 Å². The molecular weight excluding hydrogens is 867 g/mol. The number of nitrogens with zero attached hydrogens (tertiary/aromatic N) is 2. The number of nitrogens with one attached hydrogen (secondary N) is 5. The van der Waals surface area contributed by atoms with Gasteiger partial charge in [0.2, 0.25) is 21.9 Å². The molecule has 1 aliphatic rings. The SMILES string of the molecule is CC=C(OC(=O)N(C)CC(C)NC(=O)[C@H](CCCNC(=N)NS(=O)(=O)C1c2c(C)cc(C)c(C)c2OC1(C)C)NC(=O)c1ccccc1)C(CC(C)N(C)C)(c1ccccc1)c1ccccc1. The predicted molar refractivity (Wildman–Crippen MR) is 265 cm³/mol. The number of hydrogen-bond acceptors (Lipinski definition) is 9. The number of ether oxygens (including phenoxy) is 2. The second-order valence-electron chi connectivity index (χ2n) is 18.4. The maximum absolute atomic E-state index is 14.0. The van der Waals surface area contributed by atoms with Crippen LogP contribution in [-0.2, 0) is 25.0 Å². The highest BCUT2D eigenvalue weighted by Gasteiger charge is 2.51. The summed E-state index contributed by atoms with van der Waals surface area (Å²) in [6, 6.07) is 29.1. The van der Waals surface area contributed by atoms with Crippen molar-refractivity contribution >= 4 is 33.9 Å². The molecule has 0 radical (unpaired) electrons. The summed E-state index contributed by atoms with van der Waals surface area (Å²) in [5, 5.41) is 16.1. The van der Waals surface area contributed by atoms with Gasteiger partial charge in [0.05, 0.1) is 5.41 Å². The van der Waals surface area contributed by atoms with Gasteiger partial charge in [0.25, 0.3) is 5.91 Å². The molecule has 4 atom stereocenters. The molecule has 5 N–H and O–H groups in total. The number of rotatable bonds is 19. The smallest absolute Gasteiger partial charge is 0.414 e. The second kappa shape index (κ2) is 22.1. The number of sulfonamides is 1. The molecule has 1 heterocycles. The average molecular weight is 936 g/mol. The molecule has 14 nitrogen and oxygen atoms in total. The van der Waals surface area contributed by atoms with Crippen LogP contribution in [0.3, 0.4) is 0 Å². The maximum Gasteiger partial charge on any atom is 0.414 e. The fourth-order valence-electron chi connectivity index (χ4n) is 8.88. The Balaban J connectivity index is 1.25. The highest BCUT2D eigenvalue weighted by atomic mass is 32.2. The lowest BCUT2D eigenvalue weighted by atomic mass is 9.68. The summed E-state index contributed by atoms with van der Waals surface area (Å²) in [6.07, 6.45) is 2.28. The monoisotopic (exact) mass is 935 g/mol. The number of benzene rings is 4. The van der Waals surface area contributed by atoms with Crippen LogP contribution >= 0.6 is 0 Å². The maximum atomic E-state index is 14.0. The number of hydrogen-bond donors (Lipinski definition) is 5. The zero-order valence-electron chi connectivity index (χ0n) is 40.8. The van der Waals surface area contributed by atoms with Crippen molar-refractivity contribution < 1.29 is 32.3 Å². The lowest BCUT2D eigenvalue weighted by Gasteiger charge is -2.40. The number of amides is 3. The van der Waals surface area contributed by atoms with Gasteiger partial charge in [-0.3, -0.25) is 19.7 Å². The molecule has 360 valence electrons. The topological polar surface area (TPSA) is 182 Å². The summed E-state index contributed by atoms with van der Waals surface area (Å²) in [5.41, 5.74) is 3.64.